The van der Waals surface area contributed by atoms with E-state index in [-0.39, 0.29) is 6.42 Å². The van der Waals surface area contributed by atoms with Crippen LogP contribution in [0.25, 0.3) is 0 Å². The molecule has 1 aromatic heterocycles. The lowest BCUT2D eigenvalue weighted by atomic mass is 10.1. The van der Waals surface area contributed by atoms with Gasteiger partial charge in [-0.2, -0.15) is 0 Å². The fourth-order valence-electron chi connectivity index (χ4n) is 0.914. The molecule has 0 amide bonds. The normalized spacial score (nSPS) is 9.83. The SMILES string of the molecule is Cc1cc(CC=O)c(N)nc1Cl. The van der Waals surface area contributed by atoms with Crippen LogP contribution < -0.4 is 5.73 Å². The molecule has 1 rings (SSSR count). The number of halogens is 1. The summed E-state index contributed by atoms with van der Waals surface area (Å²) in [5.41, 5.74) is 7.09. The Morgan fingerprint density at radius 3 is 3.00 bits per heavy atom. The molecule has 0 unspecified atom stereocenters. The summed E-state index contributed by atoms with van der Waals surface area (Å²) in [5, 5.41) is 0.391. The van der Waals surface area contributed by atoms with Crippen LogP contribution >= 0.6 is 11.6 Å². The van der Waals surface area contributed by atoms with E-state index in [1.807, 2.05) is 6.92 Å². The number of hydrogen-bond donors (Lipinski definition) is 1. The molecule has 0 atom stereocenters. The van der Waals surface area contributed by atoms with Crippen LogP contribution in [0.3, 0.4) is 0 Å². The smallest absolute Gasteiger partial charge is 0.134 e. The summed E-state index contributed by atoms with van der Waals surface area (Å²) in [7, 11) is 0. The van der Waals surface area contributed by atoms with E-state index in [4.69, 9.17) is 17.3 Å². The predicted molar refractivity (Wildman–Crippen MR) is 48.2 cm³/mol. The number of carbonyl (C=O) groups excluding carboxylic acids is 1. The third kappa shape index (κ3) is 1.74. The number of carbonyl (C=O) groups is 1. The third-order valence-electron chi connectivity index (χ3n) is 1.57. The topological polar surface area (TPSA) is 56.0 Å². The van der Waals surface area contributed by atoms with Gasteiger partial charge in [-0.15, -0.1) is 0 Å². The molecule has 0 aliphatic heterocycles. The lowest BCUT2D eigenvalue weighted by Crippen LogP contribution is -2.00. The van der Waals surface area contributed by atoms with Gasteiger partial charge in [0.25, 0.3) is 0 Å². The van der Waals surface area contributed by atoms with Gasteiger partial charge in [0.15, 0.2) is 0 Å². The minimum atomic E-state index is 0.289. The second-order valence-corrected chi connectivity index (χ2v) is 2.87. The highest BCUT2D eigenvalue weighted by Gasteiger charge is 2.03. The van der Waals surface area contributed by atoms with Crippen LogP contribution in [0, 0.1) is 6.92 Å². The lowest BCUT2D eigenvalue weighted by Gasteiger charge is -2.03. The van der Waals surface area contributed by atoms with Crippen LogP contribution in [0.4, 0.5) is 5.82 Å². The molecule has 0 aliphatic carbocycles. The van der Waals surface area contributed by atoms with Gasteiger partial charge in [-0.3, -0.25) is 0 Å². The first-order valence-electron chi connectivity index (χ1n) is 3.50. The molecule has 0 saturated heterocycles. The Morgan fingerprint density at radius 1 is 1.75 bits per heavy atom. The molecular formula is C8H9ClN2O. The fourth-order valence-corrected chi connectivity index (χ4v) is 1.06. The number of hydrogen-bond acceptors (Lipinski definition) is 3. The number of aldehydes is 1. The van der Waals surface area contributed by atoms with Gasteiger partial charge >= 0.3 is 0 Å². The zero-order valence-corrected chi connectivity index (χ0v) is 7.43. The van der Waals surface area contributed by atoms with Gasteiger partial charge in [-0.05, 0) is 18.6 Å². The van der Waals surface area contributed by atoms with Gasteiger partial charge in [0.05, 0.1) is 0 Å². The number of nitrogens with zero attached hydrogens (tertiary/aromatic N) is 1. The van der Waals surface area contributed by atoms with Crippen molar-refractivity contribution in [3.05, 3.63) is 22.3 Å². The van der Waals surface area contributed by atoms with Crippen molar-refractivity contribution >= 4 is 23.7 Å². The molecule has 0 aliphatic rings. The summed E-state index contributed by atoms with van der Waals surface area (Å²) < 4.78 is 0. The number of anilines is 1. The van der Waals surface area contributed by atoms with Crippen molar-refractivity contribution in [2.24, 2.45) is 0 Å². The van der Waals surface area contributed by atoms with Gasteiger partial charge in [-0.1, -0.05) is 11.6 Å². The Balaban J connectivity index is 3.13. The molecule has 0 aromatic carbocycles. The van der Waals surface area contributed by atoms with Crippen molar-refractivity contribution in [3.63, 3.8) is 0 Å². The van der Waals surface area contributed by atoms with E-state index in [0.29, 0.717) is 11.0 Å². The molecule has 2 N–H and O–H groups in total. The Morgan fingerprint density at radius 2 is 2.42 bits per heavy atom. The maximum Gasteiger partial charge on any atom is 0.134 e. The van der Waals surface area contributed by atoms with Crippen molar-refractivity contribution in [2.75, 3.05) is 5.73 Å². The summed E-state index contributed by atoms with van der Waals surface area (Å²) in [6.07, 6.45) is 1.08. The van der Waals surface area contributed by atoms with E-state index in [1.165, 1.54) is 0 Å². The van der Waals surface area contributed by atoms with Crippen molar-refractivity contribution in [2.45, 2.75) is 13.3 Å². The number of pyridine rings is 1. The summed E-state index contributed by atoms with van der Waals surface area (Å²) in [4.78, 5) is 14.1. The summed E-state index contributed by atoms with van der Waals surface area (Å²) in [6, 6.07) is 1.78. The Hall–Kier alpha value is -1.09. The average Bonchev–Trinajstić information content (AvgIpc) is 2.01. The molecule has 64 valence electrons. The van der Waals surface area contributed by atoms with E-state index >= 15 is 0 Å². The van der Waals surface area contributed by atoms with E-state index in [2.05, 4.69) is 4.98 Å². The zero-order valence-electron chi connectivity index (χ0n) is 6.67. The molecule has 3 nitrogen and oxygen atoms in total. The van der Waals surface area contributed by atoms with Crippen LogP contribution in [-0.2, 0) is 11.2 Å². The van der Waals surface area contributed by atoms with Crippen LogP contribution in [-0.4, -0.2) is 11.3 Å². The Bertz CT molecular complexity index is 312. The van der Waals surface area contributed by atoms with Crippen LogP contribution in [0.15, 0.2) is 6.07 Å². The molecule has 4 heteroatoms. The van der Waals surface area contributed by atoms with Gasteiger partial charge in [0.1, 0.15) is 17.3 Å². The molecule has 0 spiro atoms. The largest absolute Gasteiger partial charge is 0.383 e. The van der Waals surface area contributed by atoms with E-state index < -0.39 is 0 Å². The minimum Gasteiger partial charge on any atom is -0.383 e. The number of nitrogens with two attached hydrogens (primary N) is 1. The molecule has 1 heterocycles. The first-order chi connectivity index (χ1) is 5.65. The minimum absolute atomic E-state index is 0.289. The van der Waals surface area contributed by atoms with E-state index in [0.717, 1.165) is 17.4 Å². The molecule has 0 radical (unpaired) electrons. The summed E-state index contributed by atoms with van der Waals surface area (Å²) >= 11 is 5.71. The number of nitrogen functional groups attached to an aromatic ring is 1. The van der Waals surface area contributed by atoms with E-state index in [1.54, 1.807) is 6.07 Å². The highest BCUT2D eigenvalue weighted by molar-refractivity contribution is 6.30. The summed E-state index contributed by atoms with van der Waals surface area (Å²) in [5.74, 6) is 0.331. The predicted octanol–water partition coefficient (Wildman–Crippen LogP) is 1.37. The maximum atomic E-state index is 10.2. The second-order valence-electron chi connectivity index (χ2n) is 2.51. The van der Waals surface area contributed by atoms with Crippen molar-refractivity contribution in [1.82, 2.24) is 4.98 Å². The monoisotopic (exact) mass is 184 g/mol. The maximum absolute atomic E-state index is 10.2. The Labute approximate surface area is 75.6 Å². The second kappa shape index (κ2) is 3.54. The first-order valence-corrected chi connectivity index (χ1v) is 3.88. The van der Waals surface area contributed by atoms with Gasteiger partial charge in [0, 0.05) is 12.0 Å². The van der Waals surface area contributed by atoms with E-state index in [9.17, 15) is 4.79 Å². The van der Waals surface area contributed by atoms with Crippen LogP contribution in [0.1, 0.15) is 11.1 Å². The zero-order chi connectivity index (χ0) is 9.14. The highest BCUT2D eigenvalue weighted by atomic mass is 35.5. The fraction of sp³-hybridized carbons (Fsp3) is 0.250. The third-order valence-corrected chi connectivity index (χ3v) is 1.95. The standard InChI is InChI=1S/C8H9ClN2O/c1-5-4-6(2-3-12)8(10)11-7(5)9/h3-4H,2H2,1H3,(H2,10,11). The molecule has 1 aromatic rings. The van der Waals surface area contributed by atoms with Crippen LogP contribution in [0.2, 0.25) is 5.15 Å². The highest BCUT2D eigenvalue weighted by Crippen LogP contribution is 2.18. The summed E-state index contributed by atoms with van der Waals surface area (Å²) in [6.45, 7) is 1.82. The number of aryl methyl sites for hydroxylation is 1. The van der Waals surface area contributed by atoms with Gasteiger partial charge < -0.3 is 10.5 Å². The van der Waals surface area contributed by atoms with Crippen molar-refractivity contribution in [3.8, 4) is 0 Å². The number of aromatic nitrogens is 1. The molecule has 0 fully saturated rings. The molecule has 12 heavy (non-hydrogen) atoms. The lowest BCUT2D eigenvalue weighted by molar-refractivity contribution is -0.107. The van der Waals surface area contributed by atoms with Gasteiger partial charge in [0.2, 0.25) is 0 Å². The van der Waals surface area contributed by atoms with Crippen molar-refractivity contribution < 1.29 is 4.79 Å². The average molecular weight is 185 g/mol. The van der Waals surface area contributed by atoms with Gasteiger partial charge in [-0.25, -0.2) is 4.98 Å². The van der Waals surface area contributed by atoms with Crippen molar-refractivity contribution in [1.29, 1.82) is 0 Å². The first kappa shape index (κ1) is 9.00. The molecular weight excluding hydrogens is 176 g/mol. The Kier molecular flexibility index (Phi) is 2.65. The van der Waals surface area contributed by atoms with Crippen LogP contribution in [0.5, 0.6) is 0 Å². The molecule has 0 saturated carbocycles. The molecule has 0 bridgehead atoms. The number of rotatable bonds is 2. The quantitative estimate of drug-likeness (QED) is 0.558.